The third-order valence-corrected chi connectivity index (χ3v) is 3.23. The van der Waals surface area contributed by atoms with Gasteiger partial charge in [0, 0.05) is 19.6 Å². The van der Waals surface area contributed by atoms with Crippen LogP contribution >= 0.6 is 0 Å². The standard InChI is InChI=1S/C14H18FN5O2/c1-10-17-18-19-20(10)13(14(22)16-7-2-8-21)9-11-3-5-12(15)6-4-11/h3-6,13,21H,2,7-9H2,1H3,(H,16,22)/t13-/m1/s1. The minimum absolute atomic E-state index is 0.00676. The molecule has 118 valence electrons. The van der Waals surface area contributed by atoms with Crippen LogP contribution in [0.4, 0.5) is 4.39 Å². The molecule has 0 radical (unpaired) electrons. The second-order valence-corrected chi connectivity index (χ2v) is 4.89. The minimum Gasteiger partial charge on any atom is -0.396 e. The first-order chi connectivity index (χ1) is 10.6. The van der Waals surface area contributed by atoms with E-state index in [1.54, 1.807) is 19.1 Å². The zero-order valence-corrected chi connectivity index (χ0v) is 12.2. The quantitative estimate of drug-likeness (QED) is 0.722. The first-order valence-corrected chi connectivity index (χ1v) is 6.99. The number of tetrazole rings is 1. The van der Waals surface area contributed by atoms with E-state index in [0.717, 1.165) is 5.56 Å². The van der Waals surface area contributed by atoms with Gasteiger partial charge < -0.3 is 10.4 Å². The van der Waals surface area contributed by atoms with E-state index < -0.39 is 6.04 Å². The van der Waals surface area contributed by atoms with Crippen LogP contribution in [0.1, 0.15) is 23.9 Å². The molecule has 0 saturated carbocycles. The summed E-state index contributed by atoms with van der Waals surface area (Å²) in [5.74, 6) is -0.0519. The summed E-state index contributed by atoms with van der Waals surface area (Å²) in [5.41, 5.74) is 0.804. The smallest absolute Gasteiger partial charge is 0.245 e. The Morgan fingerprint density at radius 3 is 2.73 bits per heavy atom. The van der Waals surface area contributed by atoms with Crippen LogP contribution in [0.25, 0.3) is 0 Å². The van der Waals surface area contributed by atoms with Crippen molar-refractivity contribution in [1.29, 1.82) is 0 Å². The van der Waals surface area contributed by atoms with E-state index >= 15 is 0 Å². The number of hydrogen-bond acceptors (Lipinski definition) is 5. The number of amides is 1. The molecule has 0 saturated heterocycles. The summed E-state index contributed by atoms with van der Waals surface area (Å²) in [6.45, 7) is 2.09. The largest absolute Gasteiger partial charge is 0.396 e. The fourth-order valence-corrected chi connectivity index (χ4v) is 2.07. The van der Waals surface area contributed by atoms with Gasteiger partial charge in [-0.3, -0.25) is 4.79 Å². The highest BCUT2D eigenvalue weighted by Gasteiger charge is 2.23. The van der Waals surface area contributed by atoms with Crippen molar-refractivity contribution < 1.29 is 14.3 Å². The maximum atomic E-state index is 13.0. The van der Waals surface area contributed by atoms with Crippen molar-refractivity contribution in [2.45, 2.75) is 25.8 Å². The number of rotatable bonds is 7. The fraction of sp³-hybridized carbons (Fsp3) is 0.429. The molecule has 1 aromatic heterocycles. The lowest BCUT2D eigenvalue weighted by Crippen LogP contribution is -2.35. The molecule has 0 bridgehead atoms. The lowest BCUT2D eigenvalue weighted by molar-refractivity contribution is -0.124. The van der Waals surface area contributed by atoms with Gasteiger partial charge in [-0.05, 0) is 41.5 Å². The number of aliphatic hydroxyl groups is 1. The Kier molecular flexibility index (Phi) is 5.54. The van der Waals surface area contributed by atoms with Gasteiger partial charge in [0.15, 0.2) is 0 Å². The zero-order valence-electron chi connectivity index (χ0n) is 12.2. The van der Waals surface area contributed by atoms with Crippen molar-refractivity contribution in [3.8, 4) is 0 Å². The van der Waals surface area contributed by atoms with Crippen molar-refractivity contribution in [3.63, 3.8) is 0 Å². The van der Waals surface area contributed by atoms with Crippen LogP contribution < -0.4 is 5.32 Å². The van der Waals surface area contributed by atoms with E-state index in [2.05, 4.69) is 20.8 Å². The molecule has 1 aromatic carbocycles. The van der Waals surface area contributed by atoms with E-state index in [9.17, 15) is 9.18 Å². The number of aliphatic hydroxyl groups excluding tert-OH is 1. The van der Waals surface area contributed by atoms with E-state index in [-0.39, 0.29) is 18.3 Å². The Morgan fingerprint density at radius 1 is 1.41 bits per heavy atom. The molecule has 22 heavy (non-hydrogen) atoms. The van der Waals surface area contributed by atoms with Gasteiger partial charge in [-0.25, -0.2) is 9.07 Å². The Morgan fingerprint density at radius 2 is 2.14 bits per heavy atom. The zero-order chi connectivity index (χ0) is 15.9. The molecular formula is C14H18FN5O2. The van der Waals surface area contributed by atoms with E-state index in [1.165, 1.54) is 16.8 Å². The second-order valence-electron chi connectivity index (χ2n) is 4.89. The summed E-state index contributed by atoms with van der Waals surface area (Å²) in [6.07, 6.45) is 0.820. The van der Waals surface area contributed by atoms with Crippen molar-refractivity contribution >= 4 is 5.91 Å². The third-order valence-electron chi connectivity index (χ3n) is 3.23. The number of benzene rings is 1. The van der Waals surface area contributed by atoms with Gasteiger partial charge in [0.05, 0.1) is 0 Å². The van der Waals surface area contributed by atoms with Crippen molar-refractivity contribution in [1.82, 2.24) is 25.5 Å². The van der Waals surface area contributed by atoms with Gasteiger partial charge in [-0.1, -0.05) is 12.1 Å². The first kappa shape index (κ1) is 16.0. The van der Waals surface area contributed by atoms with E-state index in [4.69, 9.17) is 5.11 Å². The second kappa shape index (κ2) is 7.60. The predicted octanol–water partition coefficient (Wildman–Crippen LogP) is 0.403. The van der Waals surface area contributed by atoms with Gasteiger partial charge in [0.1, 0.15) is 17.7 Å². The van der Waals surface area contributed by atoms with Gasteiger partial charge >= 0.3 is 0 Å². The molecule has 0 aliphatic rings. The Labute approximate surface area is 127 Å². The van der Waals surface area contributed by atoms with Gasteiger partial charge in [-0.15, -0.1) is 5.10 Å². The number of hydrogen-bond donors (Lipinski definition) is 2. The van der Waals surface area contributed by atoms with Gasteiger partial charge in [0.25, 0.3) is 0 Å². The molecule has 8 heteroatoms. The topological polar surface area (TPSA) is 92.9 Å². The minimum atomic E-state index is -0.626. The molecular weight excluding hydrogens is 289 g/mol. The molecule has 0 spiro atoms. The number of nitrogens with zero attached hydrogens (tertiary/aromatic N) is 4. The molecule has 1 atom stereocenters. The molecule has 0 fully saturated rings. The number of aryl methyl sites for hydroxylation is 1. The van der Waals surface area contributed by atoms with Crippen LogP contribution in [0.2, 0.25) is 0 Å². The van der Waals surface area contributed by atoms with Crippen LogP contribution in [-0.4, -0.2) is 44.4 Å². The summed E-state index contributed by atoms with van der Waals surface area (Å²) in [6, 6.07) is 5.33. The van der Waals surface area contributed by atoms with Crippen LogP contribution in [0.3, 0.4) is 0 Å². The summed E-state index contributed by atoms with van der Waals surface area (Å²) in [7, 11) is 0. The highest BCUT2D eigenvalue weighted by atomic mass is 19.1. The van der Waals surface area contributed by atoms with Gasteiger partial charge in [-0.2, -0.15) is 0 Å². The SMILES string of the molecule is Cc1nnnn1[C@H](Cc1ccc(F)cc1)C(=O)NCCCO. The summed E-state index contributed by atoms with van der Waals surface area (Å²) in [4.78, 5) is 12.4. The fourth-order valence-electron chi connectivity index (χ4n) is 2.07. The summed E-state index contributed by atoms with van der Waals surface area (Å²) >= 11 is 0. The third kappa shape index (κ3) is 4.08. The molecule has 1 amide bonds. The Hall–Kier alpha value is -2.35. The summed E-state index contributed by atoms with van der Waals surface area (Å²) in [5, 5.41) is 22.7. The van der Waals surface area contributed by atoms with Crippen LogP contribution in [0.15, 0.2) is 24.3 Å². The van der Waals surface area contributed by atoms with Gasteiger partial charge in [0.2, 0.25) is 5.91 Å². The first-order valence-electron chi connectivity index (χ1n) is 6.99. The normalized spacial score (nSPS) is 12.1. The average Bonchev–Trinajstić information content (AvgIpc) is 2.93. The van der Waals surface area contributed by atoms with E-state index in [0.29, 0.717) is 25.2 Å². The number of aromatic nitrogens is 4. The number of carbonyl (C=O) groups excluding carboxylic acids is 1. The molecule has 7 nitrogen and oxygen atoms in total. The molecule has 2 aromatic rings. The molecule has 0 aliphatic carbocycles. The average molecular weight is 307 g/mol. The molecule has 2 N–H and O–H groups in total. The van der Waals surface area contributed by atoms with Crippen molar-refractivity contribution in [2.75, 3.05) is 13.2 Å². The number of carbonyl (C=O) groups is 1. The lowest BCUT2D eigenvalue weighted by atomic mass is 10.1. The summed E-state index contributed by atoms with van der Waals surface area (Å²) < 4.78 is 14.4. The monoisotopic (exact) mass is 307 g/mol. The molecule has 0 unspecified atom stereocenters. The molecule has 2 rings (SSSR count). The Balaban J connectivity index is 2.16. The van der Waals surface area contributed by atoms with Crippen molar-refractivity contribution in [3.05, 3.63) is 41.5 Å². The Bertz CT molecular complexity index is 614. The molecule has 1 heterocycles. The predicted molar refractivity (Wildman–Crippen MR) is 76.4 cm³/mol. The molecule has 0 aliphatic heterocycles. The van der Waals surface area contributed by atoms with Crippen LogP contribution in [0.5, 0.6) is 0 Å². The maximum Gasteiger partial charge on any atom is 0.245 e. The maximum absolute atomic E-state index is 13.0. The van der Waals surface area contributed by atoms with Crippen molar-refractivity contribution in [2.24, 2.45) is 0 Å². The number of halogens is 1. The highest BCUT2D eigenvalue weighted by molar-refractivity contribution is 5.80. The van der Waals surface area contributed by atoms with E-state index in [1.807, 2.05) is 0 Å². The highest BCUT2D eigenvalue weighted by Crippen LogP contribution is 2.15. The number of nitrogens with one attached hydrogen (secondary N) is 1. The van der Waals surface area contributed by atoms with Crippen LogP contribution in [-0.2, 0) is 11.2 Å². The van der Waals surface area contributed by atoms with Crippen LogP contribution in [0, 0.1) is 12.7 Å². The lowest BCUT2D eigenvalue weighted by Gasteiger charge is -2.17.